The van der Waals surface area contributed by atoms with Gasteiger partial charge in [-0.15, -0.1) is 0 Å². The number of carboxylic acid groups (broad SMARTS) is 1. The monoisotopic (exact) mass is 480 g/mol. The zero-order valence-corrected chi connectivity index (χ0v) is 17.9. The van der Waals surface area contributed by atoms with Gasteiger partial charge in [-0.05, 0) is 42.0 Å². The maximum atomic E-state index is 13.5. The van der Waals surface area contributed by atoms with Gasteiger partial charge >= 0.3 is 11.6 Å². The Labute approximate surface area is 195 Å². The van der Waals surface area contributed by atoms with Crippen LogP contribution in [0.1, 0.15) is 22.0 Å². The van der Waals surface area contributed by atoms with E-state index in [2.05, 4.69) is 10.3 Å². The van der Waals surface area contributed by atoms with Crippen molar-refractivity contribution < 1.29 is 28.3 Å². The third-order valence-corrected chi connectivity index (χ3v) is 5.30. The normalized spacial score (nSPS) is 11.7. The van der Waals surface area contributed by atoms with Crippen molar-refractivity contribution in [3.05, 3.63) is 93.2 Å². The van der Waals surface area contributed by atoms with Crippen molar-refractivity contribution in [3.8, 4) is 11.1 Å². The summed E-state index contributed by atoms with van der Waals surface area (Å²) in [6.45, 7) is 0. The van der Waals surface area contributed by atoms with Crippen LogP contribution in [0.15, 0.2) is 69.9 Å². The van der Waals surface area contributed by atoms with Crippen molar-refractivity contribution in [2.24, 2.45) is 0 Å². The number of pyridine rings is 1. The molecule has 0 radical (unpaired) electrons. The van der Waals surface area contributed by atoms with Gasteiger partial charge in [0.2, 0.25) is 5.91 Å². The molecular weight excluding hydrogens is 467 g/mol. The second-order valence-corrected chi connectivity index (χ2v) is 7.58. The van der Waals surface area contributed by atoms with Crippen molar-refractivity contribution in [2.45, 2.75) is 5.92 Å². The Morgan fingerprint density at radius 2 is 1.88 bits per heavy atom. The molecule has 2 N–H and O–H groups in total. The van der Waals surface area contributed by atoms with Gasteiger partial charge in [0.25, 0.3) is 0 Å². The fourth-order valence-corrected chi connectivity index (χ4v) is 3.69. The SMILES string of the molecule is O=C[C@H](C(=O)Nc1cccc(C(=O)O)n1)c1ccc2c(-c3ccc(F)cc3Cl)cc(=O)oc2c1. The molecular formula is C24H14ClFN2O6. The maximum Gasteiger partial charge on any atom is 0.354 e. The lowest BCUT2D eigenvalue weighted by molar-refractivity contribution is -0.122. The fourth-order valence-electron chi connectivity index (χ4n) is 3.42. The highest BCUT2D eigenvalue weighted by Gasteiger charge is 2.22. The quantitative estimate of drug-likeness (QED) is 0.240. The zero-order chi connectivity index (χ0) is 24.4. The smallest absolute Gasteiger partial charge is 0.354 e. The van der Waals surface area contributed by atoms with Crippen LogP contribution in [-0.2, 0) is 9.59 Å². The number of aldehydes is 1. The van der Waals surface area contributed by atoms with E-state index in [0.717, 1.165) is 6.07 Å². The van der Waals surface area contributed by atoms with Crippen LogP contribution in [0.4, 0.5) is 10.2 Å². The summed E-state index contributed by atoms with van der Waals surface area (Å²) in [6, 6.07) is 13.4. The highest BCUT2D eigenvalue weighted by Crippen LogP contribution is 2.34. The molecule has 2 heterocycles. The van der Waals surface area contributed by atoms with E-state index in [1.54, 1.807) is 6.07 Å². The number of carboxylic acids is 1. The van der Waals surface area contributed by atoms with E-state index >= 15 is 0 Å². The first-order valence-electron chi connectivity index (χ1n) is 9.76. The number of fused-ring (bicyclic) bond motifs is 1. The topological polar surface area (TPSA) is 127 Å². The molecule has 2 aromatic heterocycles. The van der Waals surface area contributed by atoms with Crippen LogP contribution in [0.25, 0.3) is 22.1 Å². The second kappa shape index (κ2) is 9.24. The Hall–Kier alpha value is -4.37. The first kappa shape index (κ1) is 22.8. The average molecular weight is 481 g/mol. The summed E-state index contributed by atoms with van der Waals surface area (Å²) in [5.41, 5.74) is 0.125. The van der Waals surface area contributed by atoms with Gasteiger partial charge in [0.05, 0.1) is 5.02 Å². The molecule has 0 aliphatic rings. The van der Waals surface area contributed by atoms with E-state index in [1.807, 2.05) is 0 Å². The molecule has 0 saturated heterocycles. The van der Waals surface area contributed by atoms with Crippen molar-refractivity contribution in [2.75, 3.05) is 5.32 Å². The molecule has 4 rings (SSSR count). The van der Waals surface area contributed by atoms with E-state index in [0.29, 0.717) is 22.8 Å². The van der Waals surface area contributed by atoms with Crippen LogP contribution in [0.2, 0.25) is 5.02 Å². The molecule has 0 fully saturated rings. The number of nitrogens with one attached hydrogen (secondary N) is 1. The molecule has 0 spiro atoms. The molecule has 0 aliphatic heterocycles. The number of nitrogens with zero attached hydrogens (tertiary/aromatic N) is 1. The summed E-state index contributed by atoms with van der Waals surface area (Å²) in [7, 11) is 0. The van der Waals surface area contributed by atoms with Crippen molar-refractivity contribution >= 4 is 46.6 Å². The van der Waals surface area contributed by atoms with Crippen molar-refractivity contribution in [1.82, 2.24) is 4.98 Å². The molecule has 10 heteroatoms. The van der Waals surface area contributed by atoms with E-state index in [1.165, 1.54) is 48.5 Å². The molecule has 0 bridgehead atoms. The molecule has 34 heavy (non-hydrogen) atoms. The number of carbonyl (C=O) groups excluding carboxylic acids is 2. The molecule has 1 amide bonds. The molecule has 0 unspecified atom stereocenters. The summed E-state index contributed by atoms with van der Waals surface area (Å²) in [4.78, 5) is 51.5. The van der Waals surface area contributed by atoms with Gasteiger partial charge in [-0.2, -0.15) is 0 Å². The van der Waals surface area contributed by atoms with Crippen LogP contribution in [-0.4, -0.2) is 28.3 Å². The van der Waals surface area contributed by atoms with Crippen LogP contribution < -0.4 is 10.9 Å². The minimum atomic E-state index is -1.30. The van der Waals surface area contributed by atoms with E-state index in [9.17, 15) is 23.6 Å². The Bertz CT molecular complexity index is 1520. The van der Waals surface area contributed by atoms with E-state index in [-0.39, 0.29) is 27.7 Å². The van der Waals surface area contributed by atoms with E-state index < -0.39 is 29.2 Å². The first-order chi connectivity index (χ1) is 16.3. The van der Waals surface area contributed by atoms with Crippen LogP contribution >= 0.6 is 11.6 Å². The van der Waals surface area contributed by atoms with Gasteiger partial charge < -0.3 is 19.6 Å². The number of carbonyl (C=O) groups is 3. The zero-order valence-electron chi connectivity index (χ0n) is 17.1. The average Bonchev–Trinajstić information content (AvgIpc) is 2.79. The molecule has 2 aromatic carbocycles. The molecule has 0 aliphatic carbocycles. The van der Waals surface area contributed by atoms with Gasteiger partial charge in [-0.3, -0.25) is 4.79 Å². The molecule has 1 atom stereocenters. The number of aromatic nitrogens is 1. The predicted octanol–water partition coefficient (Wildman–Crippen LogP) is 4.27. The predicted molar refractivity (Wildman–Crippen MR) is 122 cm³/mol. The van der Waals surface area contributed by atoms with Crippen LogP contribution in [0.3, 0.4) is 0 Å². The minimum absolute atomic E-state index is 0.0442. The highest BCUT2D eigenvalue weighted by molar-refractivity contribution is 6.33. The number of rotatable bonds is 6. The third-order valence-electron chi connectivity index (χ3n) is 4.99. The number of hydrogen-bond acceptors (Lipinski definition) is 6. The molecule has 8 nitrogen and oxygen atoms in total. The van der Waals surface area contributed by atoms with Gasteiger partial charge in [0.15, 0.2) is 5.69 Å². The third kappa shape index (κ3) is 4.55. The van der Waals surface area contributed by atoms with Crippen LogP contribution in [0.5, 0.6) is 0 Å². The minimum Gasteiger partial charge on any atom is -0.477 e. The summed E-state index contributed by atoms with van der Waals surface area (Å²) >= 11 is 6.16. The number of amides is 1. The molecule has 170 valence electrons. The summed E-state index contributed by atoms with van der Waals surface area (Å²) in [5, 5.41) is 12.0. The number of aromatic carboxylic acids is 1. The number of benzene rings is 2. The molecule has 4 aromatic rings. The van der Waals surface area contributed by atoms with Crippen molar-refractivity contribution in [3.63, 3.8) is 0 Å². The summed E-state index contributed by atoms with van der Waals surface area (Å²) in [6.07, 6.45) is 0.399. The largest absolute Gasteiger partial charge is 0.477 e. The Morgan fingerprint density at radius 3 is 2.59 bits per heavy atom. The fraction of sp³-hybridized carbons (Fsp3) is 0.0417. The Morgan fingerprint density at radius 1 is 1.09 bits per heavy atom. The van der Waals surface area contributed by atoms with Gasteiger partial charge in [0.1, 0.15) is 29.4 Å². The highest BCUT2D eigenvalue weighted by atomic mass is 35.5. The summed E-state index contributed by atoms with van der Waals surface area (Å²) < 4.78 is 18.7. The Balaban J connectivity index is 1.72. The standard InChI is InChI=1S/C24H14ClFN2O6/c25-18-9-13(26)5-7-14(18)16-10-22(30)34-20-8-12(4-6-15(16)20)17(11-29)23(31)28-21-3-1-2-19(27-21)24(32)33/h1-11,17H,(H,32,33)(H,27,28,31)/t17-/m0/s1. The number of halogens is 2. The van der Waals surface area contributed by atoms with Gasteiger partial charge in [-0.25, -0.2) is 19.0 Å². The van der Waals surface area contributed by atoms with Crippen LogP contribution in [0, 0.1) is 5.82 Å². The van der Waals surface area contributed by atoms with E-state index in [4.69, 9.17) is 21.1 Å². The van der Waals surface area contributed by atoms with Gasteiger partial charge in [-0.1, -0.05) is 29.8 Å². The second-order valence-electron chi connectivity index (χ2n) is 7.18. The van der Waals surface area contributed by atoms with Gasteiger partial charge in [0, 0.05) is 22.6 Å². The summed E-state index contributed by atoms with van der Waals surface area (Å²) in [5.74, 6) is -3.92. The molecule has 0 saturated carbocycles. The lowest BCUT2D eigenvalue weighted by Crippen LogP contribution is -2.23. The Kier molecular flexibility index (Phi) is 6.20. The lowest BCUT2D eigenvalue weighted by Gasteiger charge is -2.13. The number of anilines is 1. The van der Waals surface area contributed by atoms with Crippen molar-refractivity contribution in [1.29, 1.82) is 0 Å². The first-order valence-corrected chi connectivity index (χ1v) is 10.1. The maximum absolute atomic E-state index is 13.5. The number of hydrogen-bond donors (Lipinski definition) is 2. The lowest BCUT2D eigenvalue weighted by atomic mass is 9.95.